The molecule has 0 saturated carbocycles. The quantitative estimate of drug-likeness (QED) is 0.213. The van der Waals surface area contributed by atoms with Gasteiger partial charge in [0.25, 0.3) is 0 Å². The van der Waals surface area contributed by atoms with Gasteiger partial charge < -0.3 is 9.84 Å². The molecule has 1 aromatic carbocycles. The summed E-state index contributed by atoms with van der Waals surface area (Å²) in [6.07, 6.45) is 10.6. The van der Waals surface area contributed by atoms with E-state index in [1.807, 2.05) is 27.7 Å². The standard InChI is InChI=1S/C29H43NO4/c1-19(2)11-9-12-20(3)13-10-14-21(4)26(30(32)33)16-18-29(8)17-15-25-24(7)27(31)22(5)23(6)28(25)34-29/h11,13,31H,9-10,12,14-18H2,1-8H3/b20-13+,26-21-. The highest BCUT2D eigenvalue weighted by Crippen LogP contribution is 2.44. The van der Waals surface area contributed by atoms with E-state index >= 15 is 0 Å². The second kappa shape index (κ2) is 11.7. The lowest BCUT2D eigenvalue weighted by Crippen LogP contribution is -2.37. The molecule has 1 aliphatic rings. The van der Waals surface area contributed by atoms with Crippen LogP contribution in [-0.4, -0.2) is 15.6 Å². The van der Waals surface area contributed by atoms with Crippen molar-refractivity contribution in [2.45, 2.75) is 112 Å². The number of rotatable bonds is 10. The first kappa shape index (κ1) is 27.7. The lowest BCUT2D eigenvalue weighted by Gasteiger charge is -2.38. The van der Waals surface area contributed by atoms with Crippen molar-refractivity contribution in [2.75, 3.05) is 0 Å². The lowest BCUT2D eigenvalue weighted by molar-refractivity contribution is -0.429. The smallest absolute Gasteiger partial charge is 0.245 e. The number of allylic oxidation sites excluding steroid dienone is 6. The molecule has 0 amide bonds. The number of phenols is 1. The van der Waals surface area contributed by atoms with Crippen molar-refractivity contribution in [3.8, 4) is 11.5 Å². The maximum Gasteiger partial charge on any atom is 0.245 e. The van der Waals surface area contributed by atoms with Crippen molar-refractivity contribution in [3.63, 3.8) is 0 Å². The number of nitrogens with zero attached hydrogens (tertiary/aromatic N) is 1. The Morgan fingerprint density at radius 3 is 2.29 bits per heavy atom. The van der Waals surface area contributed by atoms with Crippen LogP contribution in [0.3, 0.4) is 0 Å². The average molecular weight is 470 g/mol. The van der Waals surface area contributed by atoms with Crippen molar-refractivity contribution < 1.29 is 14.8 Å². The molecule has 1 heterocycles. The summed E-state index contributed by atoms with van der Waals surface area (Å²) in [7, 11) is 0. The maximum absolute atomic E-state index is 11.9. The van der Waals surface area contributed by atoms with Gasteiger partial charge in [0.05, 0.1) is 4.92 Å². The van der Waals surface area contributed by atoms with Crippen LogP contribution in [0.25, 0.3) is 0 Å². The zero-order chi connectivity index (χ0) is 25.6. The summed E-state index contributed by atoms with van der Waals surface area (Å²) in [5.74, 6) is 1.19. The van der Waals surface area contributed by atoms with E-state index in [4.69, 9.17) is 4.74 Å². The fourth-order valence-electron chi connectivity index (χ4n) is 4.68. The normalized spacial score (nSPS) is 18.6. The van der Waals surface area contributed by atoms with Gasteiger partial charge in [-0.25, -0.2) is 0 Å². The van der Waals surface area contributed by atoms with E-state index in [2.05, 4.69) is 39.8 Å². The van der Waals surface area contributed by atoms with Gasteiger partial charge >= 0.3 is 0 Å². The fourth-order valence-corrected chi connectivity index (χ4v) is 4.68. The summed E-state index contributed by atoms with van der Waals surface area (Å²) < 4.78 is 6.47. The van der Waals surface area contributed by atoms with E-state index in [9.17, 15) is 15.2 Å². The van der Waals surface area contributed by atoms with Gasteiger partial charge in [-0.05, 0) is 117 Å². The molecule has 0 aliphatic carbocycles. The largest absolute Gasteiger partial charge is 0.507 e. The van der Waals surface area contributed by atoms with Gasteiger partial charge in [-0.1, -0.05) is 23.3 Å². The van der Waals surface area contributed by atoms with Crippen LogP contribution in [0.5, 0.6) is 11.5 Å². The first-order chi connectivity index (χ1) is 15.9. The molecular weight excluding hydrogens is 426 g/mol. The second-order valence-corrected chi connectivity index (χ2v) is 10.5. The predicted molar refractivity (Wildman–Crippen MR) is 140 cm³/mol. The Kier molecular flexibility index (Phi) is 9.54. The fraction of sp³-hybridized carbons (Fsp3) is 0.586. The number of hydrogen-bond donors (Lipinski definition) is 1. The van der Waals surface area contributed by atoms with Crippen LogP contribution in [0.1, 0.15) is 102 Å². The number of aromatic hydroxyl groups is 1. The Morgan fingerprint density at radius 1 is 1.03 bits per heavy atom. The van der Waals surface area contributed by atoms with Crippen LogP contribution in [0, 0.1) is 30.9 Å². The van der Waals surface area contributed by atoms with Gasteiger partial charge in [0.15, 0.2) is 0 Å². The summed E-state index contributed by atoms with van der Waals surface area (Å²) in [6.45, 7) is 16.1. The summed E-state index contributed by atoms with van der Waals surface area (Å²) in [5.41, 5.74) is 7.12. The third kappa shape index (κ3) is 6.97. The van der Waals surface area contributed by atoms with Crippen molar-refractivity contribution in [3.05, 3.63) is 66.9 Å². The zero-order valence-corrected chi connectivity index (χ0v) is 22.4. The Hall–Kier alpha value is -2.56. The number of phenolic OH excluding ortho intramolecular Hbond substituents is 1. The third-order valence-electron chi connectivity index (χ3n) is 7.30. The van der Waals surface area contributed by atoms with E-state index in [-0.39, 0.29) is 4.92 Å². The van der Waals surface area contributed by atoms with Gasteiger partial charge in [0.1, 0.15) is 17.1 Å². The van der Waals surface area contributed by atoms with Crippen molar-refractivity contribution in [1.29, 1.82) is 0 Å². The van der Waals surface area contributed by atoms with Gasteiger partial charge in [-0.3, -0.25) is 10.1 Å². The van der Waals surface area contributed by atoms with E-state index in [1.165, 1.54) is 11.1 Å². The molecule has 5 heteroatoms. The Bertz CT molecular complexity index is 1010. The molecular formula is C29H43NO4. The molecule has 34 heavy (non-hydrogen) atoms. The predicted octanol–water partition coefficient (Wildman–Crippen LogP) is 8.20. The Morgan fingerprint density at radius 2 is 1.68 bits per heavy atom. The lowest BCUT2D eigenvalue weighted by atomic mass is 9.84. The summed E-state index contributed by atoms with van der Waals surface area (Å²) in [4.78, 5) is 11.6. The Balaban J connectivity index is 2.07. The minimum Gasteiger partial charge on any atom is -0.507 e. The molecule has 188 valence electrons. The van der Waals surface area contributed by atoms with E-state index in [0.29, 0.717) is 30.7 Å². The molecule has 1 aliphatic heterocycles. The van der Waals surface area contributed by atoms with Crippen LogP contribution in [0.2, 0.25) is 0 Å². The average Bonchev–Trinajstić information content (AvgIpc) is 2.75. The molecule has 1 aromatic rings. The van der Waals surface area contributed by atoms with Crippen LogP contribution >= 0.6 is 0 Å². The summed E-state index contributed by atoms with van der Waals surface area (Å²) >= 11 is 0. The van der Waals surface area contributed by atoms with E-state index in [0.717, 1.165) is 65.7 Å². The third-order valence-corrected chi connectivity index (χ3v) is 7.30. The number of hydrogen-bond acceptors (Lipinski definition) is 4. The van der Waals surface area contributed by atoms with Gasteiger partial charge in [0, 0.05) is 17.6 Å². The number of nitro groups is 1. The Labute approximate surface area is 205 Å². The first-order valence-corrected chi connectivity index (χ1v) is 12.5. The highest BCUT2D eigenvalue weighted by molar-refractivity contribution is 5.58. The molecule has 2 rings (SSSR count). The molecule has 0 radical (unpaired) electrons. The summed E-state index contributed by atoms with van der Waals surface area (Å²) in [5, 5.41) is 22.3. The van der Waals surface area contributed by atoms with E-state index in [1.54, 1.807) is 0 Å². The molecule has 0 saturated heterocycles. The maximum atomic E-state index is 11.9. The van der Waals surface area contributed by atoms with Crippen LogP contribution in [-0.2, 0) is 6.42 Å². The zero-order valence-electron chi connectivity index (χ0n) is 22.4. The molecule has 5 nitrogen and oxygen atoms in total. The van der Waals surface area contributed by atoms with Crippen molar-refractivity contribution >= 4 is 0 Å². The van der Waals surface area contributed by atoms with Gasteiger partial charge in [-0.2, -0.15) is 0 Å². The second-order valence-electron chi connectivity index (χ2n) is 10.5. The van der Waals surface area contributed by atoms with Crippen LogP contribution in [0.15, 0.2) is 34.6 Å². The van der Waals surface area contributed by atoms with Crippen molar-refractivity contribution in [1.82, 2.24) is 0 Å². The van der Waals surface area contributed by atoms with E-state index < -0.39 is 5.60 Å². The number of fused-ring (bicyclic) bond motifs is 1. The molecule has 1 N–H and O–H groups in total. The molecule has 1 atom stereocenters. The highest BCUT2D eigenvalue weighted by atomic mass is 16.6. The number of ether oxygens (including phenoxy) is 1. The van der Waals surface area contributed by atoms with Crippen molar-refractivity contribution in [2.24, 2.45) is 0 Å². The number of benzene rings is 1. The van der Waals surface area contributed by atoms with Gasteiger partial charge in [-0.15, -0.1) is 0 Å². The molecule has 0 aromatic heterocycles. The van der Waals surface area contributed by atoms with Gasteiger partial charge in [0.2, 0.25) is 5.70 Å². The highest BCUT2D eigenvalue weighted by Gasteiger charge is 2.35. The minimum absolute atomic E-state index is 0.210. The molecule has 1 unspecified atom stereocenters. The monoisotopic (exact) mass is 469 g/mol. The molecule has 0 fully saturated rings. The van der Waals surface area contributed by atoms with Crippen LogP contribution < -0.4 is 4.74 Å². The SMILES string of the molecule is CC(C)=CCC/C(C)=C/CC/C(C)=C(/CCC1(C)CCc2c(C)c(O)c(C)c(C)c2O1)[N+](=O)[O-]. The van der Waals surface area contributed by atoms with Crippen LogP contribution in [0.4, 0.5) is 0 Å². The topological polar surface area (TPSA) is 72.6 Å². The molecule has 0 bridgehead atoms. The molecule has 0 spiro atoms. The minimum atomic E-state index is -0.462. The summed E-state index contributed by atoms with van der Waals surface area (Å²) in [6, 6.07) is 0. The first-order valence-electron chi connectivity index (χ1n) is 12.5.